The van der Waals surface area contributed by atoms with Gasteiger partial charge in [0.15, 0.2) is 0 Å². The molecule has 0 unspecified atom stereocenters. The molecule has 2 heteroatoms. The zero-order valence-corrected chi connectivity index (χ0v) is 9.42. The average molecular weight is 241 g/mol. The van der Waals surface area contributed by atoms with Crippen molar-refractivity contribution in [2.24, 2.45) is 0 Å². The lowest BCUT2D eigenvalue weighted by atomic mass is 10.1. The lowest BCUT2D eigenvalue weighted by Crippen LogP contribution is -1.75. The quantitative estimate of drug-likeness (QED) is 0.645. The van der Waals surface area contributed by atoms with Crippen LogP contribution in [0.4, 0.5) is 0 Å². The molecule has 0 fully saturated rings. The van der Waals surface area contributed by atoms with E-state index >= 15 is 0 Å². The zero-order valence-electron chi connectivity index (χ0n) is 7.02. The topological polar surface area (TPSA) is 0 Å². The molecule has 0 N–H and O–H groups in total. The van der Waals surface area contributed by atoms with Crippen LogP contribution < -0.4 is 0 Å². The Hall–Kier alpha value is -0.340. The second-order valence-electron chi connectivity index (χ2n) is 2.97. The molecule has 0 saturated carbocycles. The first-order valence-corrected chi connectivity index (χ1v) is 5.50. The molecule has 0 amide bonds. The molecular weight excluding hydrogens is 232 g/mol. The highest BCUT2D eigenvalue weighted by Crippen LogP contribution is 2.32. The molecule has 1 aromatic heterocycles. The van der Waals surface area contributed by atoms with Gasteiger partial charge in [-0.3, -0.25) is 0 Å². The maximum atomic E-state index is 3.53. The van der Waals surface area contributed by atoms with Gasteiger partial charge >= 0.3 is 0 Å². The largest absolute Gasteiger partial charge is 0.143 e. The minimum absolute atomic E-state index is 1.21. The van der Waals surface area contributed by atoms with Gasteiger partial charge in [-0.25, -0.2) is 0 Å². The average Bonchev–Trinajstić information content (AvgIpc) is 2.41. The van der Waals surface area contributed by atoms with Crippen molar-refractivity contribution in [1.29, 1.82) is 0 Å². The Balaban J connectivity index is 2.93. The van der Waals surface area contributed by atoms with Crippen molar-refractivity contribution >= 4 is 37.4 Å². The smallest absolute Gasteiger partial charge is 0.0385 e. The monoisotopic (exact) mass is 240 g/mol. The molecule has 1 aromatic carbocycles. The Morgan fingerprint density at radius 3 is 2.75 bits per heavy atom. The number of thiophene rings is 1. The molecule has 0 aliphatic heterocycles. The Kier molecular flexibility index (Phi) is 1.97. The van der Waals surface area contributed by atoms with Gasteiger partial charge in [-0.2, -0.15) is 0 Å². The van der Waals surface area contributed by atoms with Gasteiger partial charge in [0.05, 0.1) is 0 Å². The van der Waals surface area contributed by atoms with Crippen molar-refractivity contribution in [3.05, 3.63) is 33.1 Å². The summed E-state index contributed by atoms with van der Waals surface area (Å²) in [5.41, 5.74) is 2.73. The van der Waals surface area contributed by atoms with Crippen molar-refractivity contribution in [3.63, 3.8) is 0 Å². The molecule has 2 aromatic rings. The van der Waals surface area contributed by atoms with E-state index in [4.69, 9.17) is 0 Å². The van der Waals surface area contributed by atoms with E-state index in [1.54, 1.807) is 0 Å². The van der Waals surface area contributed by atoms with E-state index in [9.17, 15) is 0 Å². The lowest BCUT2D eigenvalue weighted by molar-refractivity contribution is 1.50. The molecule has 0 atom stereocenters. The van der Waals surface area contributed by atoms with Gasteiger partial charge in [0, 0.05) is 9.17 Å². The summed E-state index contributed by atoms with van der Waals surface area (Å²) in [6, 6.07) is 4.30. The third kappa shape index (κ3) is 1.10. The summed E-state index contributed by atoms with van der Waals surface area (Å²) >= 11 is 5.36. The van der Waals surface area contributed by atoms with Crippen LogP contribution in [0.15, 0.2) is 22.0 Å². The molecule has 2 rings (SSSR count). The fourth-order valence-electron chi connectivity index (χ4n) is 1.34. The van der Waals surface area contributed by atoms with Crippen molar-refractivity contribution in [1.82, 2.24) is 0 Å². The maximum absolute atomic E-state index is 3.53. The van der Waals surface area contributed by atoms with Gasteiger partial charge < -0.3 is 0 Å². The molecule has 0 aliphatic carbocycles. The van der Waals surface area contributed by atoms with Gasteiger partial charge in [-0.1, -0.05) is 22.0 Å². The lowest BCUT2D eigenvalue weighted by Gasteiger charge is -1.98. The second kappa shape index (κ2) is 2.86. The number of fused-ring (bicyclic) bond motifs is 1. The fraction of sp³-hybridized carbons (Fsp3) is 0.200. The van der Waals surface area contributed by atoms with E-state index in [1.165, 1.54) is 25.7 Å². The van der Waals surface area contributed by atoms with Crippen LogP contribution >= 0.6 is 27.3 Å². The first-order chi connectivity index (χ1) is 5.70. The summed E-state index contributed by atoms with van der Waals surface area (Å²) in [4.78, 5) is 0. The number of hydrogen-bond donors (Lipinski definition) is 0. The van der Waals surface area contributed by atoms with Gasteiger partial charge in [0.1, 0.15) is 0 Å². The number of rotatable bonds is 0. The molecular formula is C10H9BrS. The molecule has 0 nitrogen and oxygen atoms in total. The van der Waals surface area contributed by atoms with Crippen molar-refractivity contribution in [3.8, 4) is 0 Å². The molecule has 0 saturated heterocycles. The Morgan fingerprint density at radius 1 is 1.25 bits per heavy atom. The minimum Gasteiger partial charge on any atom is -0.143 e. The van der Waals surface area contributed by atoms with Gasteiger partial charge in [-0.05, 0) is 41.8 Å². The minimum atomic E-state index is 1.21. The summed E-state index contributed by atoms with van der Waals surface area (Å²) in [6.07, 6.45) is 0. The van der Waals surface area contributed by atoms with E-state index in [0.29, 0.717) is 0 Å². The Labute approximate surface area is 84.4 Å². The first kappa shape index (κ1) is 8.27. The first-order valence-electron chi connectivity index (χ1n) is 3.83. The van der Waals surface area contributed by atoms with Crippen LogP contribution in [0.5, 0.6) is 0 Å². The summed E-state index contributed by atoms with van der Waals surface area (Å²) in [7, 11) is 0. The predicted molar refractivity (Wildman–Crippen MR) is 59.0 cm³/mol. The van der Waals surface area contributed by atoms with Gasteiger partial charge in [-0.15, -0.1) is 11.3 Å². The Bertz CT molecular complexity index is 429. The molecule has 12 heavy (non-hydrogen) atoms. The van der Waals surface area contributed by atoms with E-state index < -0.39 is 0 Å². The molecule has 62 valence electrons. The van der Waals surface area contributed by atoms with E-state index in [2.05, 4.69) is 47.3 Å². The Morgan fingerprint density at radius 2 is 2.00 bits per heavy atom. The van der Waals surface area contributed by atoms with Crippen LogP contribution in [0, 0.1) is 13.8 Å². The van der Waals surface area contributed by atoms with E-state index in [-0.39, 0.29) is 0 Å². The van der Waals surface area contributed by atoms with Crippen LogP contribution in [0.2, 0.25) is 0 Å². The third-order valence-electron chi connectivity index (χ3n) is 2.12. The standard InChI is InChI=1S/C10H9BrS/c1-6-5-12-10-7(2)9(11)4-3-8(6)10/h3-5H,1-2H3. The van der Waals surface area contributed by atoms with Crippen molar-refractivity contribution < 1.29 is 0 Å². The van der Waals surface area contributed by atoms with Gasteiger partial charge in [0.2, 0.25) is 0 Å². The normalized spacial score (nSPS) is 10.9. The zero-order chi connectivity index (χ0) is 8.72. The number of hydrogen-bond acceptors (Lipinski definition) is 1. The molecule has 1 heterocycles. The number of halogens is 1. The highest BCUT2D eigenvalue weighted by Gasteiger charge is 2.04. The number of aryl methyl sites for hydroxylation is 2. The maximum Gasteiger partial charge on any atom is 0.0385 e. The van der Waals surface area contributed by atoms with Crippen LogP contribution in [-0.4, -0.2) is 0 Å². The summed E-state index contributed by atoms with van der Waals surface area (Å²) in [5.74, 6) is 0. The summed E-state index contributed by atoms with van der Waals surface area (Å²) in [6.45, 7) is 4.31. The highest BCUT2D eigenvalue weighted by molar-refractivity contribution is 9.10. The van der Waals surface area contributed by atoms with E-state index in [0.717, 1.165) is 0 Å². The van der Waals surface area contributed by atoms with Crippen LogP contribution in [-0.2, 0) is 0 Å². The third-order valence-corrected chi connectivity index (χ3v) is 4.21. The molecule has 0 radical (unpaired) electrons. The van der Waals surface area contributed by atoms with Gasteiger partial charge in [0.25, 0.3) is 0 Å². The molecule has 0 aliphatic rings. The van der Waals surface area contributed by atoms with E-state index in [1.807, 2.05) is 11.3 Å². The summed E-state index contributed by atoms with van der Waals surface area (Å²) in [5, 5.41) is 3.60. The van der Waals surface area contributed by atoms with Crippen molar-refractivity contribution in [2.45, 2.75) is 13.8 Å². The second-order valence-corrected chi connectivity index (χ2v) is 4.70. The molecule has 0 bridgehead atoms. The van der Waals surface area contributed by atoms with Crippen molar-refractivity contribution in [2.75, 3.05) is 0 Å². The molecule has 0 spiro atoms. The summed E-state index contributed by atoms with van der Waals surface area (Å²) < 4.78 is 2.61. The predicted octanol–water partition coefficient (Wildman–Crippen LogP) is 4.28. The number of benzene rings is 1. The van der Waals surface area contributed by atoms with Crippen LogP contribution in [0.1, 0.15) is 11.1 Å². The fourth-order valence-corrected chi connectivity index (χ4v) is 2.87. The van der Waals surface area contributed by atoms with Crippen LogP contribution in [0.3, 0.4) is 0 Å². The SMILES string of the molecule is Cc1csc2c(C)c(Br)ccc12. The van der Waals surface area contributed by atoms with Crippen LogP contribution in [0.25, 0.3) is 10.1 Å². The highest BCUT2D eigenvalue weighted by atomic mass is 79.9.